The molecule has 2 aliphatic heterocycles. The molecule has 31 heavy (non-hydrogen) atoms. The van der Waals surface area contributed by atoms with Gasteiger partial charge < -0.3 is 9.34 Å². The Bertz CT molecular complexity index is 980. The van der Waals surface area contributed by atoms with Crippen molar-refractivity contribution in [3.8, 4) is 0 Å². The summed E-state index contributed by atoms with van der Waals surface area (Å²) in [7, 11) is -3.11. The molecular weight excluding hydrogens is 423 g/mol. The maximum atomic E-state index is 15.4. The van der Waals surface area contributed by atoms with Crippen LogP contribution < -0.4 is 9.34 Å². The smallest absolute Gasteiger partial charge is 0.285 e. The highest BCUT2D eigenvalue weighted by molar-refractivity contribution is 7.99. The first-order chi connectivity index (χ1) is 15.3. The lowest BCUT2D eigenvalue weighted by atomic mass is 10.3. The van der Waals surface area contributed by atoms with Gasteiger partial charge in [-0.05, 0) is 36.4 Å². The van der Waals surface area contributed by atoms with Crippen molar-refractivity contribution in [3.63, 3.8) is 0 Å². The lowest BCUT2D eigenvalue weighted by molar-refractivity contribution is 0.269. The Morgan fingerprint density at radius 2 is 1.29 bits per heavy atom. The number of anilines is 2. The molecular formula is C24H27N4OPS. The molecule has 0 saturated carbocycles. The van der Waals surface area contributed by atoms with Crippen molar-refractivity contribution in [3.05, 3.63) is 90.8 Å². The molecule has 2 fully saturated rings. The molecule has 1 aromatic heterocycles. The van der Waals surface area contributed by atoms with Gasteiger partial charge in [-0.3, -0.25) is 14.4 Å². The molecule has 160 valence electrons. The molecule has 5 nitrogen and oxygen atoms in total. The molecule has 7 heteroatoms. The van der Waals surface area contributed by atoms with Crippen LogP contribution in [0.15, 0.2) is 85.1 Å². The molecule has 2 aliphatic rings. The Kier molecular flexibility index (Phi) is 6.04. The molecule has 3 aromatic rings. The third-order valence-electron chi connectivity index (χ3n) is 5.99. The van der Waals surface area contributed by atoms with E-state index in [1.807, 2.05) is 72.6 Å². The van der Waals surface area contributed by atoms with Gasteiger partial charge in [-0.15, -0.1) is 0 Å². The summed E-state index contributed by atoms with van der Waals surface area (Å²) >= 11 is 1.97. The molecule has 0 spiro atoms. The van der Waals surface area contributed by atoms with E-state index in [0.29, 0.717) is 0 Å². The topological polar surface area (TPSA) is 39.7 Å². The second-order valence-corrected chi connectivity index (χ2v) is 11.6. The van der Waals surface area contributed by atoms with Crippen molar-refractivity contribution in [1.29, 1.82) is 0 Å². The summed E-state index contributed by atoms with van der Waals surface area (Å²) in [4.78, 5) is 7.13. The lowest BCUT2D eigenvalue weighted by Gasteiger charge is -2.43. The van der Waals surface area contributed by atoms with Crippen LogP contribution in [0.4, 0.5) is 11.4 Å². The molecule has 1 atom stereocenters. The monoisotopic (exact) mass is 450 g/mol. The number of pyridine rings is 1. The average molecular weight is 451 g/mol. The summed E-state index contributed by atoms with van der Waals surface area (Å²) in [5.74, 6) is 1.83. The number of para-hydroxylation sites is 2. The van der Waals surface area contributed by atoms with E-state index in [9.17, 15) is 0 Å². The maximum Gasteiger partial charge on any atom is 0.285 e. The van der Waals surface area contributed by atoms with Crippen molar-refractivity contribution in [1.82, 2.24) is 9.88 Å². The molecule has 1 unspecified atom stereocenters. The summed E-state index contributed by atoms with van der Waals surface area (Å²) in [6.45, 7) is 3.28. The van der Waals surface area contributed by atoms with E-state index in [1.165, 1.54) is 0 Å². The van der Waals surface area contributed by atoms with Crippen LogP contribution in [0.3, 0.4) is 0 Å². The number of rotatable bonds is 5. The Hall–Kier alpha value is -2.27. The summed E-state index contributed by atoms with van der Waals surface area (Å²) in [6.07, 6.45) is 1.82. The highest BCUT2D eigenvalue weighted by Crippen LogP contribution is 2.69. The predicted octanol–water partition coefficient (Wildman–Crippen LogP) is 5.35. The number of hydrogen-bond donors (Lipinski definition) is 0. The van der Waals surface area contributed by atoms with Crippen molar-refractivity contribution in [2.75, 3.05) is 47.0 Å². The van der Waals surface area contributed by atoms with Crippen LogP contribution >= 0.6 is 19.2 Å². The van der Waals surface area contributed by atoms with Crippen LogP contribution in [0.2, 0.25) is 0 Å². The van der Waals surface area contributed by atoms with E-state index in [2.05, 4.69) is 38.5 Å². The fourth-order valence-electron chi connectivity index (χ4n) is 4.58. The van der Waals surface area contributed by atoms with Gasteiger partial charge in [0.1, 0.15) is 5.78 Å². The Morgan fingerprint density at radius 1 is 0.742 bits per heavy atom. The van der Waals surface area contributed by atoms with Crippen molar-refractivity contribution >= 4 is 30.6 Å². The van der Waals surface area contributed by atoms with Crippen LogP contribution in [0.1, 0.15) is 11.5 Å². The zero-order chi connectivity index (χ0) is 21.1. The molecule has 0 N–H and O–H groups in total. The zero-order valence-electron chi connectivity index (χ0n) is 17.5. The molecule has 3 heterocycles. The number of benzene rings is 2. The van der Waals surface area contributed by atoms with Gasteiger partial charge >= 0.3 is 0 Å². The van der Waals surface area contributed by atoms with Gasteiger partial charge in [0.05, 0.1) is 5.69 Å². The molecule has 2 saturated heterocycles. The largest absolute Gasteiger partial charge is 0.303 e. The van der Waals surface area contributed by atoms with Crippen molar-refractivity contribution in [2.24, 2.45) is 0 Å². The minimum absolute atomic E-state index is 0.280. The summed E-state index contributed by atoms with van der Waals surface area (Å²) in [5, 5.41) is 0. The number of thioether (sulfide) groups is 1. The first kappa shape index (κ1) is 20.6. The Balaban J connectivity index is 1.68. The molecule has 0 bridgehead atoms. The van der Waals surface area contributed by atoms with Gasteiger partial charge in [0.25, 0.3) is 7.44 Å². The van der Waals surface area contributed by atoms with Gasteiger partial charge in [-0.2, -0.15) is 11.8 Å². The van der Waals surface area contributed by atoms with Gasteiger partial charge in [0, 0.05) is 55.3 Å². The maximum absolute atomic E-state index is 15.4. The first-order valence-electron chi connectivity index (χ1n) is 10.8. The minimum Gasteiger partial charge on any atom is -0.303 e. The van der Waals surface area contributed by atoms with Crippen molar-refractivity contribution in [2.45, 2.75) is 5.78 Å². The van der Waals surface area contributed by atoms with Crippen LogP contribution in [0.25, 0.3) is 0 Å². The average Bonchev–Trinajstić information content (AvgIpc) is 3.19. The van der Waals surface area contributed by atoms with E-state index in [-0.39, 0.29) is 5.78 Å². The normalized spacial score (nSPS) is 20.0. The minimum atomic E-state index is -3.11. The second-order valence-electron chi connectivity index (χ2n) is 7.78. The van der Waals surface area contributed by atoms with Gasteiger partial charge in [0.15, 0.2) is 0 Å². The van der Waals surface area contributed by atoms with Crippen molar-refractivity contribution < 1.29 is 4.57 Å². The highest BCUT2D eigenvalue weighted by atomic mass is 32.2. The SMILES string of the molecule is O=P1(C(c2ccccn2)N2CCSCC2)N(c2ccccc2)CCN1c1ccccc1. The fourth-order valence-corrected chi connectivity index (χ4v) is 9.14. The van der Waals surface area contributed by atoms with Crippen LogP contribution in [0, 0.1) is 0 Å². The van der Waals surface area contributed by atoms with E-state index < -0.39 is 7.44 Å². The third kappa shape index (κ3) is 3.89. The standard InChI is InChI=1S/C24H27N4OPS/c29-30(24(23-13-7-8-14-25-23)26-17-19-31-20-18-26)27(21-9-3-1-4-10-21)15-16-28(30)22-11-5-2-6-12-22/h1-14,24H,15-20H2. The molecule has 0 radical (unpaired) electrons. The second kappa shape index (κ2) is 9.07. The summed E-state index contributed by atoms with van der Waals surface area (Å²) < 4.78 is 19.7. The summed E-state index contributed by atoms with van der Waals surface area (Å²) in [5.41, 5.74) is 2.91. The summed E-state index contributed by atoms with van der Waals surface area (Å²) in [6, 6.07) is 26.4. The number of nitrogens with zero attached hydrogens (tertiary/aromatic N) is 4. The van der Waals surface area contributed by atoms with Gasteiger partial charge in [-0.25, -0.2) is 0 Å². The molecule has 2 aromatic carbocycles. The quantitative estimate of drug-likeness (QED) is 0.488. The third-order valence-corrected chi connectivity index (χ3v) is 10.4. The van der Waals surface area contributed by atoms with Crippen LogP contribution in [-0.4, -0.2) is 47.6 Å². The number of aromatic nitrogens is 1. The molecule has 0 aliphatic carbocycles. The van der Waals surface area contributed by atoms with Gasteiger partial charge in [-0.1, -0.05) is 42.5 Å². The lowest BCUT2D eigenvalue weighted by Crippen LogP contribution is -2.40. The zero-order valence-corrected chi connectivity index (χ0v) is 19.2. The number of hydrogen-bond acceptors (Lipinski definition) is 4. The molecule has 0 amide bonds. The predicted molar refractivity (Wildman–Crippen MR) is 131 cm³/mol. The Labute approximate surface area is 188 Å². The fraction of sp³-hybridized carbons (Fsp3) is 0.292. The van der Waals surface area contributed by atoms with Gasteiger partial charge in [0.2, 0.25) is 0 Å². The highest BCUT2D eigenvalue weighted by Gasteiger charge is 2.52. The molecule has 5 rings (SSSR count). The van der Waals surface area contributed by atoms with E-state index >= 15 is 4.57 Å². The van der Waals surface area contributed by atoms with Crippen LogP contribution in [-0.2, 0) is 4.57 Å². The van der Waals surface area contributed by atoms with Crippen LogP contribution in [0.5, 0.6) is 0 Å². The first-order valence-corrected chi connectivity index (χ1v) is 13.6. The van der Waals surface area contributed by atoms with E-state index in [1.54, 1.807) is 0 Å². The Morgan fingerprint density at radius 3 is 1.81 bits per heavy atom. The van der Waals surface area contributed by atoms with E-state index in [4.69, 9.17) is 4.98 Å². The van der Waals surface area contributed by atoms with E-state index in [0.717, 1.165) is 54.8 Å².